The van der Waals surface area contributed by atoms with E-state index >= 15 is 0 Å². The Kier molecular flexibility index (Phi) is 7.32. The van der Waals surface area contributed by atoms with Crippen molar-refractivity contribution in [2.75, 3.05) is 26.2 Å². The average molecular weight is 366 g/mol. The van der Waals surface area contributed by atoms with Crippen molar-refractivity contribution in [1.82, 2.24) is 15.1 Å². The van der Waals surface area contributed by atoms with Crippen molar-refractivity contribution in [3.63, 3.8) is 0 Å². The van der Waals surface area contributed by atoms with Crippen LogP contribution in [-0.2, 0) is 9.59 Å². The van der Waals surface area contributed by atoms with Crippen molar-refractivity contribution in [1.29, 1.82) is 0 Å². The summed E-state index contributed by atoms with van der Waals surface area (Å²) in [6.07, 6.45) is 10.8. The molecule has 2 heterocycles. The molecule has 2 amide bonds. The van der Waals surface area contributed by atoms with E-state index in [1.807, 2.05) is 0 Å². The Balaban J connectivity index is 1.38. The summed E-state index contributed by atoms with van der Waals surface area (Å²) in [7, 11) is 0. The number of nitrogens with one attached hydrogen (secondary N) is 1. The first-order valence-corrected chi connectivity index (χ1v) is 10.6. The Labute approximate surface area is 157 Å². The van der Waals surface area contributed by atoms with Crippen molar-refractivity contribution in [2.45, 2.75) is 88.8 Å². The zero-order valence-electron chi connectivity index (χ0n) is 16.0. The predicted molar refractivity (Wildman–Crippen MR) is 101 cm³/mol. The summed E-state index contributed by atoms with van der Waals surface area (Å²) in [5.74, 6) is -0.00155. The lowest BCUT2D eigenvalue weighted by Crippen LogP contribution is -2.41. The Morgan fingerprint density at radius 2 is 1.54 bits per heavy atom. The SMILES string of the molecule is O=C(CCC(=O)N1C[C@@H](O)[C@H](N2CCCC2)C1)NC1CCCCCCC1. The highest BCUT2D eigenvalue weighted by molar-refractivity contribution is 5.84. The van der Waals surface area contributed by atoms with Gasteiger partial charge in [0.25, 0.3) is 0 Å². The van der Waals surface area contributed by atoms with Gasteiger partial charge in [0.05, 0.1) is 12.1 Å². The van der Waals surface area contributed by atoms with Crippen LogP contribution in [0.5, 0.6) is 0 Å². The highest BCUT2D eigenvalue weighted by atomic mass is 16.3. The monoisotopic (exact) mass is 365 g/mol. The molecule has 3 fully saturated rings. The topological polar surface area (TPSA) is 72.9 Å². The number of aliphatic hydroxyl groups is 1. The van der Waals surface area contributed by atoms with Gasteiger partial charge in [0.15, 0.2) is 0 Å². The van der Waals surface area contributed by atoms with Crippen LogP contribution in [0.1, 0.15) is 70.6 Å². The van der Waals surface area contributed by atoms with Crippen molar-refractivity contribution < 1.29 is 14.7 Å². The van der Waals surface area contributed by atoms with Crippen molar-refractivity contribution in [3.05, 3.63) is 0 Å². The van der Waals surface area contributed by atoms with E-state index in [-0.39, 0.29) is 36.7 Å². The number of carbonyl (C=O) groups is 2. The molecule has 26 heavy (non-hydrogen) atoms. The van der Waals surface area contributed by atoms with Gasteiger partial charge < -0.3 is 15.3 Å². The van der Waals surface area contributed by atoms with E-state index in [9.17, 15) is 14.7 Å². The van der Waals surface area contributed by atoms with Crippen LogP contribution in [0.3, 0.4) is 0 Å². The molecule has 1 saturated carbocycles. The fourth-order valence-electron chi connectivity index (χ4n) is 4.68. The van der Waals surface area contributed by atoms with Crippen molar-refractivity contribution >= 4 is 11.8 Å². The molecule has 0 aromatic carbocycles. The van der Waals surface area contributed by atoms with Crippen LogP contribution in [-0.4, -0.2) is 71.1 Å². The molecule has 0 unspecified atom stereocenters. The predicted octanol–water partition coefficient (Wildman–Crippen LogP) is 1.66. The van der Waals surface area contributed by atoms with E-state index in [0.29, 0.717) is 13.1 Å². The normalized spacial score (nSPS) is 28.7. The lowest BCUT2D eigenvalue weighted by atomic mass is 9.96. The molecule has 0 spiro atoms. The maximum Gasteiger partial charge on any atom is 0.223 e. The van der Waals surface area contributed by atoms with Gasteiger partial charge in [-0.1, -0.05) is 32.1 Å². The number of rotatable bonds is 5. The van der Waals surface area contributed by atoms with Crippen molar-refractivity contribution in [2.24, 2.45) is 0 Å². The second-order valence-corrected chi connectivity index (χ2v) is 8.29. The van der Waals surface area contributed by atoms with Gasteiger partial charge in [0.2, 0.25) is 11.8 Å². The first-order valence-electron chi connectivity index (χ1n) is 10.6. The number of likely N-dealkylation sites (tertiary alicyclic amines) is 2. The summed E-state index contributed by atoms with van der Waals surface area (Å²) >= 11 is 0. The number of aliphatic hydroxyl groups excluding tert-OH is 1. The van der Waals surface area contributed by atoms with Gasteiger partial charge in [0.1, 0.15) is 0 Å². The summed E-state index contributed by atoms with van der Waals surface area (Å²) in [5, 5.41) is 13.4. The third-order valence-electron chi connectivity index (χ3n) is 6.26. The zero-order valence-corrected chi connectivity index (χ0v) is 16.0. The molecule has 0 radical (unpaired) electrons. The lowest BCUT2D eigenvalue weighted by molar-refractivity contribution is -0.133. The number of carbonyl (C=O) groups excluding carboxylic acids is 2. The standard InChI is InChI=1S/C20H35N3O3/c24-18-15-23(14-17(18)22-12-6-7-13-22)20(26)11-10-19(25)21-16-8-4-2-1-3-5-9-16/h16-18,24H,1-15H2,(H,21,25)/t17-,18-/m1/s1. The van der Waals surface area contributed by atoms with E-state index in [2.05, 4.69) is 10.2 Å². The van der Waals surface area contributed by atoms with Crippen LogP contribution in [0.4, 0.5) is 0 Å². The number of nitrogens with zero attached hydrogens (tertiary/aromatic N) is 2. The van der Waals surface area contributed by atoms with Crippen molar-refractivity contribution in [3.8, 4) is 0 Å². The second-order valence-electron chi connectivity index (χ2n) is 8.29. The molecule has 6 heteroatoms. The van der Waals surface area contributed by atoms with Gasteiger partial charge in [0, 0.05) is 32.0 Å². The first-order chi connectivity index (χ1) is 12.6. The summed E-state index contributed by atoms with van der Waals surface area (Å²) in [4.78, 5) is 28.7. The molecular weight excluding hydrogens is 330 g/mol. The van der Waals surface area contributed by atoms with Gasteiger partial charge in [-0.2, -0.15) is 0 Å². The first kappa shape index (κ1) is 19.6. The zero-order chi connectivity index (χ0) is 18.4. The third kappa shape index (κ3) is 5.43. The van der Waals surface area contributed by atoms with Crippen LogP contribution in [0, 0.1) is 0 Å². The number of β-amino-alcohol motifs (C(OH)–C–C–N with tert-alkyl or cyclic N) is 1. The molecule has 2 aliphatic heterocycles. The summed E-state index contributed by atoms with van der Waals surface area (Å²) in [6, 6.07) is 0.358. The van der Waals surface area contributed by atoms with Gasteiger partial charge in [-0.3, -0.25) is 14.5 Å². The maximum absolute atomic E-state index is 12.5. The molecular formula is C20H35N3O3. The largest absolute Gasteiger partial charge is 0.390 e. The minimum atomic E-state index is -0.458. The van der Waals surface area contributed by atoms with Crippen LogP contribution in [0.15, 0.2) is 0 Å². The molecule has 3 rings (SSSR count). The highest BCUT2D eigenvalue weighted by Crippen LogP contribution is 2.22. The Morgan fingerprint density at radius 1 is 0.885 bits per heavy atom. The fraction of sp³-hybridized carbons (Fsp3) is 0.900. The molecule has 0 bridgehead atoms. The fourth-order valence-corrected chi connectivity index (χ4v) is 4.68. The highest BCUT2D eigenvalue weighted by Gasteiger charge is 2.38. The smallest absolute Gasteiger partial charge is 0.223 e. The van der Waals surface area contributed by atoms with Gasteiger partial charge in [-0.15, -0.1) is 0 Å². The molecule has 2 saturated heterocycles. The average Bonchev–Trinajstić information content (AvgIpc) is 3.24. The Morgan fingerprint density at radius 3 is 2.23 bits per heavy atom. The van der Waals surface area contributed by atoms with E-state index in [4.69, 9.17) is 0 Å². The summed E-state index contributed by atoms with van der Waals surface area (Å²) in [6.45, 7) is 3.05. The summed E-state index contributed by atoms with van der Waals surface area (Å²) < 4.78 is 0. The van der Waals surface area contributed by atoms with Gasteiger partial charge in [-0.05, 0) is 38.8 Å². The minimum absolute atomic E-state index is 0.000221. The Hall–Kier alpha value is -1.14. The second kappa shape index (κ2) is 9.70. The van der Waals surface area contributed by atoms with Crippen LogP contribution in [0.25, 0.3) is 0 Å². The molecule has 2 atom stereocenters. The minimum Gasteiger partial charge on any atom is -0.390 e. The molecule has 0 aromatic heterocycles. The molecule has 3 aliphatic rings. The quantitative estimate of drug-likeness (QED) is 0.777. The Bertz CT molecular complexity index is 471. The maximum atomic E-state index is 12.5. The molecule has 0 aromatic rings. The van der Waals surface area contributed by atoms with Gasteiger partial charge in [-0.25, -0.2) is 0 Å². The lowest BCUT2D eigenvalue weighted by Gasteiger charge is -2.25. The van der Waals surface area contributed by atoms with E-state index in [1.54, 1.807) is 4.90 Å². The third-order valence-corrected chi connectivity index (χ3v) is 6.26. The van der Waals surface area contributed by atoms with E-state index in [1.165, 1.54) is 44.9 Å². The molecule has 6 nitrogen and oxygen atoms in total. The number of hydrogen-bond donors (Lipinski definition) is 2. The van der Waals surface area contributed by atoms with Crippen LogP contribution in [0.2, 0.25) is 0 Å². The van der Waals surface area contributed by atoms with Crippen LogP contribution >= 0.6 is 0 Å². The van der Waals surface area contributed by atoms with Gasteiger partial charge >= 0.3 is 0 Å². The van der Waals surface area contributed by atoms with E-state index in [0.717, 1.165) is 25.9 Å². The molecule has 2 N–H and O–H groups in total. The summed E-state index contributed by atoms with van der Waals surface area (Å²) in [5.41, 5.74) is 0. The number of amides is 2. The van der Waals surface area contributed by atoms with E-state index < -0.39 is 6.10 Å². The number of hydrogen-bond acceptors (Lipinski definition) is 4. The molecule has 148 valence electrons. The molecule has 1 aliphatic carbocycles. The van der Waals surface area contributed by atoms with Crippen LogP contribution < -0.4 is 5.32 Å².